The van der Waals surface area contributed by atoms with Crippen molar-refractivity contribution < 1.29 is 18.8 Å². The molecule has 1 aromatic carbocycles. The third kappa shape index (κ3) is 3.80. The Morgan fingerprint density at radius 2 is 2.10 bits per heavy atom. The van der Waals surface area contributed by atoms with Gasteiger partial charge in [-0.25, -0.2) is 0 Å². The summed E-state index contributed by atoms with van der Waals surface area (Å²) < 4.78 is 17.3. The van der Waals surface area contributed by atoms with Crippen LogP contribution in [0.2, 0.25) is 0 Å². The van der Waals surface area contributed by atoms with E-state index in [9.17, 15) is 9.00 Å². The molecule has 1 heterocycles. The van der Waals surface area contributed by atoms with Gasteiger partial charge in [0.2, 0.25) is 0 Å². The van der Waals surface area contributed by atoms with Gasteiger partial charge >= 0.3 is 5.97 Å². The van der Waals surface area contributed by atoms with E-state index in [4.69, 9.17) is 9.84 Å². The SMILES string of the molecule is CCCOc1ccc(C2CS(=O)CC(C(=O)O)N2)cc1. The van der Waals surface area contributed by atoms with Crippen molar-refractivity contribution in [1.29, 1.82) is 0 Å². The Morgan fingerprint density at radius 1 is 1.40 bits per heavy atom. The summed E-state index contributed by atoms with van der Waals surface area (Å²) in [6, 6.07) is 6.57. The molecule has 0 radical (unpaired) electrons. The van der Waals surface area contributed by atoms with Gasteiger partial charge in [0, 0.05) is 28.3 Å². The van der Waals surface area contributed by atoms with Crippen LogP contribution in [0, 0.1) is 0 Å². The Hall–Kier alpha value is -1.40. The molecular weight excluding hydrogens is 278 g/mol. The van der Waals surface area contributed by atoms with Crippen LogP contribution in [0.15, 0.2) is 24.3 Å². The van der Waals surface area contributed by atoms with E-state index in [1.807, 2.05) is 31.2 Å². The molecule has 0 bridgehead atoms. The van der Waals surface area contributed by atoms with E-state index in [0.29, 0.717) is 12.4 Å². The molecule has 2 N–H and O–H groups in total. The zero-order chi connectivity index (χ0) is 14.5. The average Bonchev–Trinajstić information content (AvgIpc) is 2.45. The molecule has 0 aliphatic carbocycles. The number of carbonyl (C=O) groups is 1. The lowest BCUT2D eigenvalue weighted by atomic mass is 10.1. The van der Waals surface area contributed by atoms with Crippen LogP contribution in [0.5, 0.6) is 5.75 Å². The first-order valence-electron chi connectivity index (χ1n) is 6.66. The van der Waals surface area contributed by atoms with Crippen molar-refractivity contribution >= 4 is 16.8 Å². The maximum atomic E-state index is 11.8. The van der Waals surface area contributed by atoms with E-state index in [1.54, 1.807) is 0 Å². The zero-order valence-electron chi connectivity index (χ0n) is 11.4. The summed E-state index contributed by atoms with van der Waals surface area (Å²) in [5, 5.41) is 12.1. The number of carboxylic acids is 1. The lowest BCUT2D eigenvalue weighted by molar-refractivity contribution is -0.139. The van der Waals surface area contributed by atoms with Crippen LogP contribution >= 0.6 is 0 Å². The Morgan fingerprint density at radius 3 is 2.70 bits per heavy atom. The van der Waals surface area contributed by atoms with E-state index in [-0.39, 0.29) is 11.8 Å². The molecule has 20 heavy (non-hydrogen) atoms. The Kier molecular flexibility index (Phi) is 5.14. The normalized spacial score (nSPS) is 26.1. The molecule has 110 valence electrons. The summed E-state index contributed by atoms with van der Waals surface area (Å²) in [6.07, 6.45) is 0.950. The van der Waals surface area contributed by atoms with Gasteiger partial charge in [-0.15, -0.1) is 0 Å². The van der Waals surface area contributed by atoms with E-state index in [1.165, 1.54) is 0 Å². The topological polar surface area (TPSA) is 75.6 Å². The molecule has 5 nitrogen and oxygen atoms in total. The Bertz CT molecular complexity index is 488. The molecular formula is C14H19NO4S. The van der Waals surface area contributed by atoms with Crippen LogP contribution in [0.25, 0.3) is 0 Å². The Balaban J connectivity index is 2.06. The minimum Gasteiger partial charge on any atom is -0.494 e. The minimum atomic E-state index is -1.11. The second-order valence-corrected chi connectivity index (χ2v) is 6.35. The van der Waals surface area contributed by atoms with Crippen molar-refractivity contribution in [1.82, 2.24) is 5.32 Å². The van der Waals surface area contributed by atoms with Gasteiger partial charge in [0.15, 0.2) is 0 Å². The van der Waals surface area contributed by atoms with Crippen molar-refractivity contribution in [2.45, 2.75) is 25.4 Å². The maximum absolute atomic E-state index is 11.8. The number of rotatable bonds is 5. The van der Waals surface area contributed by atoms with Gasteiger partial charge in [0.1, 0.15) is 11.8 Å². The van der Waals surface area contributed by atoms with Crippen molar-refractivity contribution in [3.05, 3.63) is 29.8 Å². The lowest BCUT2D eigenvalue weighted by Gasteiger charge is -2.28. The molecule has 0 aromatic heterocycles. The summed E-state index contributed by atoms with van der Waals surface area (Å²) in [7, 11) is -1.11. The van der Waals surface area contributed by atoms with Gasteiger partial charge in [0.25, 0.3) is 0 Å². The van der Waals surface area contributed by atoms with Crippen molar-refractivity contribution in [3.8, 4) is 5.75 Å². The number of carboxylic acid groups (broad SMARTS) is 1. The quantitative estimate of drug-likeness (QED) is 0.857. The maximum Gasteiger partial charge on any atom is 0.321 e. The largest absolute Gasteiger partial charge is 0.494 e. The molecule has 3 atom stereocenters. The van der Waals surface area contributed by atoms with E-state index >= 15 is 0 Å². The molecule has 1 saturated heterocycles. The van der Waals surface area contributed by atoms with Gasteiger partial charge in [-0.2, -0.15) is 0 Å². The fourth-order valence-electron chi connectivity index (χ4n) is 2.13. The molecule has 1 fully saturated rings. The number of ether oxygens (including phenoxy) is 1. The van der Waals surface area contributed by atoms with Crippen molar-refractivity contribution in [2.75, 3.05) is 18.1 Å². The molecule has 1 aliphatic rings. The fraction of sp³-hybridized carbons (Fsp3) is 0.500. The number of hydrogen-bond acceptors (Lipinski definition) is 4. The highest BCUT2D eigenvalue weighted by Crippen LogP contribution is 2.22. The highest BCUT2D eigenvalue weighted by Gasteiger charge is 2.30. The molecule has 1 aromatic rings. The zero-order valence-corrected chi connectivity index (χ0v) is 12.2. The predicted molar refractivity (Wildman–Crippen MR) is 77.4 cm³/mol. The third-order valence-electron chi connectivity index (χ3n) is 3.16. The van der Waals surface area contributed by atoms with Gasteiger partial charge in [0.05, 0.1) is 6.61 Å². The van der Waals surface area contributed by atoms with E-state index in [0.717, 1.165) is 17.7 Å². The summed E-state index contributed by atoms with van der Waals surface area (Å²) in [5.74, 6) is 0.455. The van der Waals surface area contributed by atoms with Crippen LogP contribution in [0.4, 0.5) is 0 Å². The fourth-order valence-corrected chi connectivity index (χ4v) is 3.54. The van der Waals surface area contributed by atoms with Gasteiger partial charge in [-0.3, -0.25) is 14.3 Å². The number of hydrogen-bond donors (Lipinski definition) is 2. The minimum absolute atomic E-state index is 0.170. The predicted octanol–water partition coefficient (Wildman–Crippen LogP) is 1.32. The van der Waals surface area contributed by atoms with Gasteiger partial charge < -0.3 is 9.84 Å². The van der Waals surface area contributed by atoms with Crippen molar-refractivity contribution in [2.24, 2.45) is 0 Å². The Labute approximate surface area is 120 Å². The summed E-state index contributed by atoms with van der Waals surface area (Å²) in [6.45, 7) is 2.72. The number of nitrogens with one attached hydrogen (secondary N) is 1. The van der Waals surface area contributed by atoms with Crippen LogP contribution in [-0.4, -0.2) is 39.4 Å². The summed E-state index contributed by atoms with van der Waals surface area (Å²) >= 11 is 0. The van der Waals surface area contributed by atoms with Crippen LogP contribution in [0.1, 0.15) is 24.9 Å². The second-order valence-electron chi connectivity index (χ2n) is 4.80. The molecule has 3 unspecified atom stereocenters. The number of aliphatic carboxylic acids is 1. The number of benzene rings is 1. The lowest BCUT2D eigenvalue weighted by Crippen LogP contribution is -2.49. The summed E-state index contributed by atoms with van der Waals surface area (Å²) in [4.78, 5) is 11.0. The van der Waals surface area contributed by atoms with Crippen LogP contribution in [0.3, 0.4) is 0 Å². The first-order valence-corrected chi connectivity index (χ1v) is 8.15. The van der Waals surface area contributed by atoms with E-state index < -0.39 is 22.8 Å². The van der Waals surface area contributed by atoms with E-state index in [2.05, 4.69) is 5.32 Å². The molecule has 2 rings (SSSR count). The smallest absolute Gasteiger partial charge is 0.321 e. The molecule has 0 saturated carbocycles. The monoisotopic (exact) mass is 297 g/mol. The first kappa shape index (κ1) is 15.0. The van der Waals surface area contributed by atoms with Gasteiger partial charge in [-0.05, 0) is 24.1 Å². The highest BCUT2D eigenvalue weighted by molar-refractivity contribution is 7.85. The second kappa shape index (κ2) is 6.85. The first-order chi connectivity index (χ1) is 9.60. The van der Waals surface area contributed by atoms with Gasteiger partial charge in [-0.1, -0.05) is 19.1 Å². The van der Waals surface area contributed by atoms with Crippen LogP contribution < -0.4 is 10.1 Å². The molecule has 1 aliphatic heterocycles. The average molecular weight is 297 g/mol. The molecule has 6 heteroatoms. The van der Waals surface area contributed by atoms with Crippen molar-refractivity contribution in [3.63, 3.8) is 0 Å². The summed E-state index contributed by atoms with van der Waals surface area (Å²) in [5.41, 5.74) is 0.938. The standard InChI is InChI=1S/C14H19NO4S/c1-2-7-19-11-5-3-10(4-6-11)12-8-20(18)9-13(15-12)14(16)17/h3-6,12-13,15H,2,7-9H2,1H3,(H,16,17). The molecule has 0 amide bonds. The molecule has 0 spiro atoms. The third-order valence-corrected chi connectivity index (χ3v) is 4.57. The van der Waals surface area contributed by atoms with Crippen LogP contribution in [-0.2, 0) is 15.6 Å². The highest BCUT2D eigenvalue weighted by atomic mass is 32.2.